The summed E-state index contributed by atoms with van der Waals surface area (Å²) in [6.45, 7) is 0.759. The Labute approximate surface area is 170 Å². The van der Waals surface area contributed by atoms with Crippen LogP contribution in [-0.2, 0) is 19.1 Å². The zero-order valence-electron chi connectivity index (χ0n) is 16.1. The van der Waals surface area contributed by atoms with E-state index in [0.29, 0.717) is 27.3 Å². The quantitative estimate of drug-likeness (QED) is 0.316. The van der Waals surface area contributed by atoms with Crippen molar-refractivity contribution >= 4 is 45.3 Å². The van der Waals surface area contributed by atoms with Crippen LogP contribution in [0.4, 0.5) is 5.69 Å². The Morgan fingerprint density at radius 2 is 2.00 bits per heavy atom. The molecule has 0 N–H and O–H groups in total. The molecule has 0 bridgehead atoms. The molecule has 1 saturated heterocycles. The van der Waals surface area contributed by atoms with Gasteiger partial charge in [0.15, 0.2) is 0 Å². The normalized spacial score (nSPS) is 16.1. The van der Waals surface area contributed by atoms with Gasteiger partial charge in [0, 0.05) is 31.4 Å². The molecule has 2 heterocycles. The number of thiazole rings is 1. The van der Waals surface area contributed by atoms with E-state index in [1.807, 2.05) is 11.9 Å². The number of rotatable bonds is 5. The summed E-state index contributed by atoms with van der Waals surface area (Å²) in [7, 11) is 4.33. The van der Waals surface area contributed by atoms with Crippen LogP contribution >= 0.6 is 11.3 Å². The number of carbonyl (C=O) groups is 2. The van der Waals surface area contributed by atoms with Crippen molar-refractivity contribution in [3.63, 3.8) is 0 Å². The first-order valence-corrected chi connectivity index (χ1v) is 9.55. The Bertz CT molecular complexity index is 1060. The summed E-state index contributed by atoms with van der Waals surface area (Å²) in [5, 5.41) is 11.4. The van der Waals surface area contributed by atoms with Gasteiger partial charge in [0.2, 0.25) is 0 Å². The molecule has 1 fully saturated rings. The number of likely N-dealkylation sites (tertiary alicyclic amines) is 1. The third-order valence-electron chi connectivity index (χ3n) is 4.59. The standard InChI is InChI=1S/C19H19N3O6S/c1-21-8-4-5-14(21)17(19(24)28-3)12(18(23)27-2)10-16-20-13-7-6-11(22(25)26)9-15(13)29-16/h6-7,9-10H,4-5,8H2,1-3H3/b12-10+,17-14+. The molecule has 0 atom stereocenters. The van der Waals surface area contributed by atoms with Crippen molar-refractivity contribution in [1.29, 1.82) is 0 Å². The number of carbonyl (C=O) groups excluding carboxylic acids is 2. The fourth-order valence-electron chi connectivity index (χ4n) is 3.18. The Kier molecular flexibility index (Phi) is 5.92. The van der Waals surface area contributed by atoms with Crippen LogP contribution in [0.15, 0.2) is 35.0 Å². The number of hydrogen-bond acceptors (Lipinski definition) is 9. The molecule has 10 heteroatoms. The summed E-state index contributed by atoms with van der Waals surface area (Å²) < 4.78 is 10.4. The number of non-ortho nitro benzene ring substituents is 1. The van der Waals surface area contributed by atoms with Gasteiger partial charge in [-0.1, -0.05) is 0 Å². The molecule has 9 nitrogen and oxygen atoms in total. The van der Waals surface area contributed by atoms with Gasteiger partial charge in [-0.15, -0.1) is 11.3 Å². The van der Waals surface area contributed by atoms with Crippen LogP contribution in [0.5, 0.6) is 0 Å². The van der Waals surface area contributed by atoms with E-state index in [1.165, 1.54) is 43.8 Å². The van der Waals surface area contributed by atoms with Crippen molar-refractivity contribution in [2.45, 2.75) is 12.8 Å². The van der Waals surface area contributed by atoms with Gasteiger partial charge in [-0.25, -0.2) is 14.6 Å². The number of nitrogens with zero attached hydrogens (tertiary/aromatic N) is 3. The minimum atomic E-state index is -0.691. The van der Waals surface area contributed by atoms with E-state index in [-0.39, 0.29) is 16.8 Å². The fourth-order valence-corrected chi connectivity index (χ4v) is 4.13. The van der Waals surface area contributed by atoms with Gasteiger partial charge in [0.25, 0.3) is 5.69 Å². The lowest BCUT2D eigenvalue weighted by Crippen LogP contribution is -2.21. The first-order chi connectivity index (χ1) is 13.8. The molecular weight excluding hydrogens is 398 g/mol. The highest BCUT2D eigenvalue weighted by molar-refractivity contribution is 7.19. The van der Waals surface area contributed by atoms with Crippen molar-refractivity contribution < 1.29 is 24.0 Å². The van der Waals surface area contributed by atoms with E-state index in [2.05, 4.69) is 4.98 Å². The van der Waals surface area contributed by atoms with Gasteiger partial charge in [-0.05, 0) is 25.0 Å². The second-order valence-corrected chi connectivity index (χ2v) is 7.41. The van der Waals surface area contributed by atoms with E-state index in [0.717, 1.165) is 13.0 Å². The van der Waals surface area contributed by atoms with Gasteiger partial charge in [-0.3, -0.25) is 10.1 Å². The minimum Gasteiger partial charge on any atom is -0.465 e. The summed E-state index contributed by atoms with van der Waals surface area (Å²) >= 11 is 1.18. The van der Waals surface area contributed by atoms with E-state index in [4.69, 9.17) is 9.47 Å². The second kappa shape index (κ2) is 8.39. The molecule has 0 saturated carbocycles. The summed E-state index contributed by atoms with van der Waals surface area (Å²) in [4.78, 5) is 41.9. The maximum Gasteiger partial charge on any atom is 0.340 e. The van der Waals surface area contributed by atoms with Crippen molar-refractivity contribution in [3.05, 3.63) is 50.2 Å². The molecule has 0 radical (unpaired) electrons. The highest BCUT2D eigenvalue weighted by Gasteiger charge is 2.30. The molecule has 29 heavy (non-hydrogen) atoms. The average molecular weight is 417 g/mol. The maximum absolute atomic E-state index is 12.5. The van der Waals surface area contributed by atoms with Crippen LogP contribution < -0.4 is 0 Å². The van der Waals surface area contributed by atoms with Gasteiger partial charge in [-0.2, -0.15) is 0 Å². The molecule has 0 unspecified atom stereocenters. The van der Waals surface area contributed by atoms with Crippen LogP contribution in [0.3, 0.4) is 0 Å². The highest BCUT2D eigenvalue weighted by Crippen LogP contribution is 2.32. The van der Waals surface area contributed by atoms with Gasteiger partial charge in [0.05, 0.1) is 40.5 Å². The van der Waals surface area contributed by atoms with E-state index in [9.17, 15) is 19.7 Å². The Balaban J connectivity index is 2.16. The molecule has 1 aromatic carbocycles. The van der Waals surface area contributed by atoms with Gasteiger partial charge < -0.3 is 14.4 Å². The largest absolute Gasteiger partial charge is 0.465 e. The first-order valence-electron chi connectivity index (χ1n) is 8.73. The lowest BCUT2D eigenvalue weighted by atomic mass is 10.0. The van der Waals surface area contributed by atoms with Crippen molar-refractivity contribution in [3.8, 4) is 0 Å². The maximum atomic E-state index is 12.5. The fraction of sp³-hybridized carbons (Fsp3) is 0.316. The molecule has 0 spiro atoms. The average Bonchev–Trinajstić information content (AvgIpc) is 3.31. The number of esters is 2. The van der Waals surface area contributed by atoms with E-state index >= 15 is 0 Å². The summed E-state index contributed by atoms with van der Waals surface area (Å²) in [5.41, 5.74) is 1.39. The second-order valence-electron chi connectivity index (χ2n) is 6.35. The number of nitro benzene ring substituents is 1. The zero-order valence-corrected chi connectivity index (χ0v) is 16.9. The number of hydrogen-bond donors (Lipinski definition) is 0. The Hall–Kier alpha value is -3.27. The smallest absolute Gasteiger partial charge is 0.340 e. The summed E-state index contributed by atoms with van der Waals surface area (Å²) in [6, 6.07) is 4.34. The van der Waals surface area contributed by atoms with Crippen molar-refractivity contribution in [2.75, 3.05) is 27.8 Å². The van der Waals surface area contributed by atoms with Crippen LogP contribution in [0.1, 0.15) is 17.8 Å². The zero-order chi connectivity index (χ0) is 21.1. The molecular formula is C19H19N3O6S. The molecule has 1 aromatic heterocycles. The number of allylic oxidation sites excluding steroid dienone is 1. The molecule has 3 rings (SSSR count). The monoisotopic (exact) mass is 417 g/mol. The molecule has 1 aliphatic rings. The van der Waals surface area contributed by atoms with Gasteiger partial charge >= 0.3 is 11.9 Å². The lowest BCUT2D eigenvalue weighted by Gasteiger charge is -2.18. The van der Waals surface area contributed by atoms with Crippen LogP contribution in [0.2, 0.25) is 0 Å². The number of aromatic nitrogens is 1. The molecule has 2 aromatic rings. The Morgan fingerprint density at radius 1 is 1.28 bits per heavy atom. The van der Waals surface area contributed by atoms with Crippen LogP contribution in [0.25, 0.3) is 16.3 Å². The molecule has 0 aliphatic carbocycles. The van der Waals surface area contributed by atoms with Crippen molar-refractivity contribution in [2.24, 2.45) is 0 Å². The summed E-state index contributed by atoms with van der Waals surface area (Å²) in [5.74, 6) is -1.33. The predicted octanol–water partition coefficient (Wildman–Crippen LogP) is 2.91. The third-order valence-corrected chi connectivity index (χ3v) is 5.55. The number of methoxy groups -OCH3 is 2. The first kappa shape index (κ1) is 20.5. The number of ether oxygens (including phenoxy) is 2. The predicted molar refractivity (Wildman–Crippen MR) is 107 cm³/mol. The molecule has 1 aliphatic heterocycles. The van der Waals surface area contributed by atoms with E-state index < -0.39 is 16.9 Å². The molecule has 152 valence electrons. The van der Waals surface area contributed by atoms with Crippen LogP contribution in [0, 0.1) is 10.1 Å². The lowest BCUT2D eigenvalue weighted by molar-refractivity contribution is -0.384. The highest BCUT2D eigenvalue weighted by atomic mass is 32.1. The Morgan fingerprint density at radius 3 is 2.59 bits per heavy atom. The van der Waals surface area contributed by atoms with Gasteiger partial charge in [0.1, 0.15) is 5.01 Å². The van der Waals surface area contributed by atoms with Crippen LogP contribution in [-0.4, -0.2) is 54.6 Å². The number of fused-ring (bicyclic) bond motifs is 1. The summed E-state index contributed by atoms with van der Waals surface area (Å²) in [6.07, 6.45) is 2.95. The van der Waals surface area contributed by atoms with Crippen molar-refractivity contribution in [1.82, 2.24) is 9.88 Å². The number of benzene rings is 1. The number of nitro groups is 1. The topological polar surface area (TPSA) is 112 Å². The SMILES string of the molecule is COC(=O)C(=C/c1nc2ccc([N+](=O)[O-])cc2s1)/C(C(=O)OC)=C1/CCCN1C. The minimum absolute atomic E-state index is 0.0386. The molecule has 0 amide bonds. The third kappa shape index (κ3) is 4.11. The van der Waals surface area contributed by atoms with E-state index in [1.54, 1.807) is 6.07 Å².